The average molecular weight is 144 g/mol. The quantitative estimate of drug-likeness (QED) is 0.473. The van der Waals surface area contributed by atoms with Crippen LogP contribution < -0.4 is 5.32 Å². The third-order valence-electron chi connectivity index (χ3n) is 1.10. The van der Waals surface area contributed by atoms with Gasteiger partial charge < -0.3 is 4.74 Å². The normalized spacial score (nSPS) is 12.3. The van der Waals surface area contributed by atoms with Crippen molar-refractivity contribution in [3.05, 3.63) is 0 Å². The monoisotopic (exact) mass is 144 g/mol. The van der Waals surface area contributed by atoms with Crippen LogP contribution in [-0.2, 0) is 4.74 Å². The lowest BCUT2D eigenvalue weighted by Gasteiger charge is -2.04. The number of hydrogen-bond donors (Lipinski definition) is 1. The van der Waals surface area contributed by atoms with Gasteiger partial charge in [0.15, 0.2) is 5.90 Å². The first-order chi connectivity index (χ1) is 4.66. The molecule has 0 unspecified atom stereocenters. The van der Waals surface area contributed by atoms with E-state index in [-0.39, 0.29) is 0 Å². The van der Waals surface area contributed by atoms with Crippen molar-refractivity contribution in [2.45, 2.75) is 26.8 Å². The minimum atomic E-state index is 0.480. The fourth-order valence-electron chi connectivity index (χ4n) is 0.404. The molecular formula is C7H16N2O. The lowest BCUT2D eigenvalue weighted by atomic mass is 10.4. The van der Waals surface area contributed by atoms with Gasteiger partial charge in [0.25, 0.3) is 0 Å². The van der Waals surface area contributed by atoms with Crippen LogP contribution in [0.1, 0.15) is 20.8 Å². The first-order valence-electron chi connectivity index (χ1n) is 3.45. The zero-order valence-electron chi connectivity index (χ0n) is 7.14. The molecule has 0 heterocycles. The fourth-order valence-corrected chi connectivity index (χ4v) is 0.404. The van der Waals surface area contributed by atoms with Crippen LogP contribution in [0.3, 0.4) is 0 Å². The van der Waals surface area contributed by atoms with Crippen molar-refractivity contribution in [1.82, 2.24) is 5.32 Å². The van der Waals surface area contributed by atoms with Crippen molar-refractivity contribution in [2.24, 2.45) is 4.99 Å². The summed E-state index contributed by atoms with van der Waals surface area (Å²) in [7, 11) is 1.62. The summed E-state index contributed by atoms with van der Waals surface area (Å²) in [5.74, 6) is 0.716. The van der Waals surface area contributed by atoms with Gasteiger partial charge in [0.2, 0.25) is 0 Å². The lowest BCUT2D eigenvalue weighted by Crippen LogP contribution is -2.23. The molecule has 0 atom stereocenters. The predicted molar refractivity (Wildman–Crippen MR) is 43.3 cm³/mol. The Kier molecular flexibility index (Phi) is 4.94. The smallest absolute Gasteiger partial charge is 0.180 e. The summed E-state index contributed by atoms with van der Waals surface area (Å²) in [5, 5.41) is 3.14. The van der Waals surface area contributed by atoms with Crippen molar-refractivity contribution in [2.75, 3.05) is 13.8 Å². The molecule has 60 valence electrons. The van der Waals surface area contributed by atoms with E-state index in [1.54, 1.807) is 7.11 Å². The molecule has 0 saturated heterocycles. The number of nitrogens with one attached hydrogen (secondary N) is 1. The number of methoxy groups -OCH3 is 1. The molecule has 0 aliphatic heterocycles. The highest BCUT2D eigenvalue weighted by Gasteiger charge is 1.88. The third-order valence-corrected chi connectivity index (χ3v) is 1.10. The second kappa shape index (κ2) is 5.23. The molecular weight excluding hydrogens is 128 g/mol. The first kappa shape index (κ1) is 9.43. The zero-order chi connectivity index (χ0) is 7.98. The maximum Gasteiger partial charge on any atom is 0.180 e. The van der Waals surface area contributed by atoms with Crippen LogP contribution in [0.25, 0.3) is 0 Å². The summed E-state index contributed by atoms with van der Waals surface area (Å²) in [6.07, 6.45) is 0. The molecule has 0 rings (SSSR count). The molecule has 0 aromatic heterocycles. The van der Waals surface area contributed by atoms with Crippen LogP contribution in [0.15, 0.2) is 4.99 Å². The van der Waals surface area contributed by atoms with Crippen LogP contribution in [-0.4, -0.2) is 25.7 Å². The molecule has 0 aliphatic rings. The Morgan fingerprint density at radius 1 is 1.60 bits per heavy atom. The second-order valence-corrected chi connectivity index (χ2v) is 2.40. The molecule has 3 heteroatoms. The topological polar surface area (TPSA) is 33.6 Å². The summed E-state index contributed by atoms with van der Waals surface area (Å²) in [4.78, 5) is 4.07. The number of aliphatic imine (C=N–C) groups is 1. The third kappa shape index (κ3) is 5.56. The van der Waals surface area contributed by atoms with Gasteiger partial charge in [0, 0.05) is 13.0 Å². The van der Waals surface area contributed by atoms with E-state index in [0.29, 0.717) is 18.6 Å². The van der Waals surface area contributed by atoms with Gasteiger partial charge in [0.05, 0.1) is 13.8 Å². The van der Waals surface area contributed by atoms with Crippen molar-refractivity contribution < 1.29 is 4.74 Å². The molecule has 0 aromatic rings. The van der Waals surface area contributed by atoms with Crippen molar-refractivity contribution in [3.63, 3.8) is 0 Å². The van der Waals surface area contributed by atoms with Crippen molar-refractivity contribution in [1.29, 1.82) is 0 Å². The first-order valence-corrected chi connectivity index (χ1v) is 3.45. The molecule has 10 heavy (non-hydrogen) atoms. The van der Waals surface area contributed by atoms with Gasteiger partial charge >= 0.3 is 0 Å². The van der Waals surface area contributed by atoms with Crippen LogP contribution in [0.4, 0.5) is 0 Å². The van der Waals surface area contributed by atoms with E-state index in [0.717, 1.165) is 0 Å². The van der Waals surface area contributed by atoms with Crippen LogP contribution in [0, 0.1) is 0 Å². The van der Waals surface area contributed by atoms with Gasteiger partial charge in [-0.3, -0.25) is 5.32 Å². The van der Waals surface area contributed by atoms with Crippen LogP contribution in [0.5, 0.6) is 0 Å². The van der Waals surface area contributed by atoms with E-state index in [1.165, 1.54) is 0 Å². The van der Waals surface area contributed by atoms with E-state index in [9.17, 15) is 0 Å². The average Bonchev–Trinajstić information content (AvgIpc) is 1.87. The standard InChI is InChI=1S/C7H16N2O/c1-6(2)8-5-9-7(3)10-4/h6,8H,5H2,1-4H3. The van der Waals surface area contributed by atoms with E-state index in [1.807, 2.05) is 6.92 Å². The Balaban J connectivity index is 3.34. The molecule has 0 radical (unpaired) electrons. The maximum atomic E-state index is 4.84. The van der Waals surface area contributed by atoms with Crippen LogP contribution in [0.2, 0.25) is 0 Å². The summed E-state index contributed by atoms with van der Waals surface area (Å²) in [5.41, 5.74) is 0. The summed E-state index contributed by atoms with van der Waals surface area (Å²) < 4.78 is 4.84. The lowest BCUT2D eigenvalue weighted by molar-refractivity contribution is 0.395. The Labute approximate surface area is 62.5 Å². The second-order valence-electron chi connectivity index (χ2n) is 2.40. The van der Waals surface area contributed by atoms with Gasteiger partial charge in [-0.1, -0.05) is 0 Å². The largest absolute Gasteiger partial charge is 0.484 e. The maximum absolute atomic E-state index is 4.84. The Morgan fingerprint density at radius 2 is 2.20 bits per heavy atom. The number of ether oxygens (including phenoxy) is 1. The molecule has 0 saturated carbocycles. The van der Waals surface area contributed by atoms with Gasteiger partial charge in [-0.25, -0.2) is 4.99 Å². The fraction of sp³-hybridized carbons (Fsp3) is 0.857. The highest BCUT2D eigenvalue weighted by Crippen LogP contribution is 1.79. The summed E-state index contributed by atoms with van der Waals surface area (Å²) >= 11 is 0. The molecule has 0 amide bonds. The molecule has 1 N–H and O–H groups in total. The SMILES string of the molecule is COC(C)=NCNC(C)C. The van der Waals surface area contributed by atoms with E-state index >= 15 is 0 Å². The highest BCUT2D eigenvalue weighted by atomic mass is 16.5. The van der Waals surface area contributed by atoms with Crippen molar-refractivity contribution in [3.8, 4) is 0 Å². The van der Waals surface area contributed by atoms with Gasteiger partial charge in [-0.15, -0.1) is 0 Å². The highest BCUT2D eigenvalue weighted by molar-refractivity contribution is 5.72. The van der Waals surface area contributed by atoms with Crippen molar-refractivity contribution >= 4 is 5.90 Å². The van der Waals surface area contributed by atoms with Gasteiger partial charge in [0.1, 0.15) is 0 Å². The molecule has 3 nitrogen and oxygen atoms in total. The minimum Gasteiger partial charge on any atom is -0.484 e. The predicted octanol–water partition coefficient (Wildman–Crippen LogP) is 1.01. The van der Waals surface area contributed by atoms with Gasteiger partial charge in [-0.05, 0) is 13.8 Å². The van der Waals surface area contributed by atoms with Gasteiger partial charge in [-0.2, -0.15) is 0 Å². The van der Waals surface area contributed by atoms with E-state index < -0.39 is 0 Å². The Hall–Kier alpha value is -0.570. The van der Waals surface area contributed by atoms with E-state index in [4.69, 9.17) is 4.74 Å². The Bertz CT molecular complexity index is 110. The number of rotatable bonds is 3. The molecule has 0 fully saturated rings. The number of hydrogen-bond acceptors (Lipinski definition) is 3. The molecule has 0 spiro atoms. The molecule has 0 aliphatic carbocycles. The van der Waals surface area contributed by atoms with E-state index in [2.05, 4.69) is 24.2 Å². The summed E-state index contributed by atoms with van der Waals surface area (Å²) in [6.45, 7) is 6.63. The molecule has 0 aromatic carbocycles. The minimum absolute atomic E-state index is 0.480. The number of nitrogens with zero attached hydrogens (tertiary/aromatic N) is 1. The van der Waals surface area contributed by atoms with Crippen LogP contribution >= 0.6 is 0 Å². The zero-order valence-corrected chi connectivity index (χ0v) is 7.14. The Morgan fingerprint density at radius 3 is 2.60 bits per heavy atom. The molecule has 0 bridgehead atoms. The summed E-state index contributed by atoms with van der Waals surface area (Å²) in [6, 6.07) is 0.480.